The van der Waals surface area contributed by atoms with Crippen LogP contribution in [0.15, 0.2) is 45.7 Å². The van der Waals surface area contributed by atoms with E-state index in [0.29, 0.717) is 18.5 Å². The molecule has 0 saturated heterocycles. The third-order valence-electron chi connectivity index (χ3n) is 3.01. The van der Waals surface area contributed by atoms with Crippen LogP contribution >= 0.6 is 15.9 Å². The molecule has 0 aliphatic carbocycles. The third kappa shape index (κ3) is 4.59. The zero-order chi connectivity index (χ0) is 16.8. The van der Waals surface area contributed by atoms with Crippen molar-refractivity contribution in [2.75, 3.05) is 6.61 Å². The molecule has 2 rings (SSSR count). The average Bonchev–Trinajstić information content (AvgIpc) is 2.55. The molecule has 0 fully saturated rings. The summed E-state index contributed by atoms with van der Waals surface area (Å²) in [6.45, 7) is 1.93. The molecule has 0 amide bonds. The quantitative estimate of drug-likeness (QED) is 0.569. The van der Waals surface area contributed by atoms with Gasteiger partial charge in [0.15, 0.2) is 18.1 Å². The summed E-state index contributed by atoms with van der Waals surface area (Å²) in [5, 5.41) is 3.94. The number of hydrogen-bond acceptors (Lipinski definition) is 5. The fourth-order valence-corrected chi connectivity index (χ4v) is 2.12. The highest BCUT2D eigenvalue weighted by molar-refractivity contribution is 9.10. The van der Waals surface area contributed by atoms with E-state index in [9.17, 15) is 14.4 Å². The van der Waals surface area contributed by atoms with Gasteiger partial charge in [-0.15, -0.1) is 0 Å². The topological polar surface area (TPSA) is 78.3 Å². The van der Waals surface area contributed by atoms with Gasteiger partial charge in [0.2, 0.25) is 0 Å². The summed E-state index contributed by atoms with van der Waals surface area (Å²) in [6, 6.07) is 9.30. The van der Waals surface area contributed by atoms with E-state index in [4.69, 9.17) is 4.74 Å². The molecule has 0 aliphatic heterocycles. The molecule has 1 aromatic carbocycles. The Morgan fingerprint density at radius 2 is 1.87 bits per heavy atom. The molecule has 7 heteroatoms. The Morgan fingerprint density at radius 1 is 1.17 bits per heavy atom. The highest BCUT2D eigenvalue weighted by atomic mass is 79.9. The summed E-state index contributed by atoms with van der Waals surface area (Å²) >= 11 is 3.28. The SMILES string of the molecule is CCCn1nc(C(=O)OCC(=O)c2ccc(Br)cc2)ccc1=O. The van der Waals surface area contributed by atoms with Crippen LogP contribution < -0.4 is 5.56 Å². The molecule has 0 N–H and O–H groups in total. The Kier molecular flexibility index (Phi) is 5.81. The van der Waals surface area contributed by atoms with Gasteiger partial charge in [-0.25, -0.2) is 9.48 Å². The van der Waals surface area contributed by atoms with Gasteiger partial charge in [0, 0.05) is 22.6 Å². The molecule has 0 saturated carbocycles. The van der Waals surface area contributed by atoms with E-state index in [2.05, 4.69) is 21.0 Å². The van der Waals surface area contributed by atoms with Crippen molar-refractivity contribution >= 4 is 27.7 Å². The lowest BCUT2D eigenvalue weighted by Crippen LogP contribution is -2.25. The lowest BCUT2D eigenvalue weighted by atomic mass is 10.1. The van der Waals surface area contributed by atoms with Crippen LogP contribution in [0.3, 0.4) is 0 Å². The second-order valence-electron chi connectivity index (χ2n) is 4.79. The van der Waals surface area contributed by atoms with Gasteiger partial charge < -0.3 is 4.74 Å². The number of aromatic nitrogens is 2. The Balaban J connectivity index is 2.02. The largest absolute Gasteiger partial charge is 0.453 e. The van der Waals surface area contributed by atoms with Crippen molar-refractivity contribution in [1.82, 2.24) is 9.78 Å². The van der Waals surface area contributed by atoms with Crippen molar-refractivity contribution in [3.63, 3.8) is 0 Å². The predicted octanol–water partition coefficient (Wildman–Crippen LogP) is 2.46. The lowest BCUT2D eigenvalue weighted by Gasteiger charge is -2.06. The van der Waals surface area contributed by atoms with Crippen LogP contribution in [0.2, 0.25) is 0 Å². The Bertz CT molecular complexity index is 768. The summed E-state index contributed by atoms with van der Waals surface area (Å²) in [7, 11) is 0. The van der Waals surface area contributed by atoms with E-state index in [-0.39, 0.29) is 23.6 Å². The number of hydrogen-bond donors (Lipinski definition) is 0. The van der Waals surface area contributed by atoms with Gasteiger partial charge in [-0.1, -0.05) is 35.0 Å². The van der Waals surface area contributed by atoms with Gasteiger partial charge in [0.1, 0.15) is 0 Å². The van der Waals surface area contributed by atoms with Gasteiger partial charge >= 0.3 is 5.97 Å². The second-order valence-corrected chi connectivity index (χ2v) is 5.70. The van der Waals surface area contributed by atoms with E-state index in [1.165, 1.54) is 16.8 Å². The number of aryl methyl sites for hydroxylation is 1. The molecule has 0 unspecified atom stereocenters. The highest BCUT2D eigenvalue weighted by Gasteiger charge is 2.14. The van der Waals surface area contributed by atoms with Crippen LogP contribution in [0.25, 0.3) is 0 Å². The first-order valence-electron chi connectivity index (χ1n) is 7.05. The number of benzene rings is 1. The van der Waals surface area contributed by atoms with E-state index < -0.39 is 5.97 Å². The molecule has 1 heterocycles. The number of Topliss-reactive ketones (excluding diaryl/α,β-unsaturated/α-hetero) is 1. The van der Waals surface area contributed by atoms with Crippen LogP contribution in [0.5, 0.6) is 0 Å². The van der Waals surface area contributed by atoms with E-state index >= 15 is 0 Å². The Hall–Kier alpha value is -2.28. The van der Waals surface area contributed by atoms with Crippen molar-refractivity contribution in [3.05, 3.63) is 62.5 Å². The Morgan fingerprint density at radius 3 is 2.52 bits per heavy atom. The standard InChI is InChI=1S/C16H15BrN2O4/c1-2-9-19-15(21)8-7-13(18-19)16(22)23-10-14(20)11-3-5-12(17)6-4-11/h3-8H,2,9-10H2,1H3. The minimum absolute atomic E-state index is 0.00153. The van der Waals surface area contributed by atoms with Crippen molar-refractivity contribution in [2.45, 2.75) is 19.9 Å². The van der Waals surface area contributed by atoms with Crippen LogP contribution in [0.1, 0.15) is 34.2 Å². The van der Waals surface area contributed by atoms with Crippen LogP contribution in [0, 0.1) is 0 Å². The summed E-state index contributed by atoms with van der Waals surface area (Å²) in [5.41, 5.74) is 0.168. The van der Waals surface area contributed by atoms with Crippen LogP contribution in [-0.4, -0.2) is 28.1 Å². The average molecular weight is 379 g/mol. The molecule has 120 valence electrons. The molecule has 23 heavy (non-hydrogen) atoms. The fraction of sp³-hybridized carbons (Fsp3) is 0.250. The van der Waals surface area contributed by atoms with Gasteiger partial charge in [0.25, 0.3) is 5.56 Å². The first-order valence-corrected chi connectivity index (χ1v) is 7.84. The molecule has 6 nitrogen and oxygen atoms in total. The van der Waals surface area contributed by atoms with Crippen molar-refractivity contribution in [3.8, 4) is 0 Å². The maximum absolute atomic E-state index is 11.9. The molecule has 0 radical (unpaired) electrons. The maximum atomic E-state index is 11.9. The van der Waals surface area contributed by atoms with Gasteiger partial charge in [-0.05, 0) is 24.6 Å². The monoisotopic (exact) mass is 378 g/mol. The highest BCUT2D eigenvalue weighted by Crippen LogP contribution is 2.11. The first-order chi connectivity index (χ1) is 11.0. The minimum Gasteiger partial charge on any atom is -0.453 e. The second kappa shape index (κ2) is 7.82. The van der Waals surface area contributed by atoms with Crippen molar-refractivity contribution in [1.29, 1.82) is 0 Å². The van der Waals surface area contributed by atoms with E-state index in [1.807, 2.05) is 6.92 Å². The van der Waals surface area contributed by atoms with Crippen LogP contribution in [-0.2, 0) is 11.3 Å². The normalized spacial score (nSPS) is 10.3. The predicted molar refractivity (Wildman–Crippen MR) is 87.5 cm³/mol. The van der Waals surface area contributed by atoms with Gasteiger partial charge in [-0.2, -0.15) is 5.10 Å². The number of nitrogens with zero attached hydrogens (tertiary/aromatic N) is 2. The lowest BCUT2D eigenvalue weighted by molar-refractivity contribution is 0.0466. The first kappa shape index (κ1) is 17.1. The molecule has 0 bridgehead atoms. The zero-order valence-corrected chi connectivity index (χ0v) is 14.1. The van der Waals surface area contributed by atoms with Crippen molar-refractivity contribution < 1.29 is 14.3 Å². The third-order valence-corrected chi connectivity index (χ3v) is 3.54. The fourth-order valence-electron chi connectivity index (χ4n) is 1.85. The van der Waals surface area contributed by atoms with E-state index in [0.717, 1.165) is 4.47 Å². The summed E-state index contributed by atoms with van der Waals surface area (Å²) in [6.07, 6.45) is 0.716. The number of rotatable bonds is 6. The minimum atomic E-state index is -0.736. The molecule has 0 spiro atoms. The molecule has 0 atom stereocenters. The van der Waals surface area contributed by atoms with Gasteiger partial charge in [-0.3, -0.25) is 9.59 Å². The summed E-state index contributed by atoms with van der Waals surface area (Å²) < 4.78 is 7.03. The van der Waals surface area contributed by atoms with Crippen molar-refractivity contribution in [2.24, 2.45) is 0 Å². The number of esters is 1. The number of ether oxygens (including phenoxy) is 1. The zero-order valence-electron chi connectivity index (χ0n) is 12.5. The molecule has 2 aromatic rings. The number of carbonyl (C=O) groups excluding carboxylic acids is 2. The molecular weight excluding hydrogens is 364 g/mol. The summed E-state index contributed by atoms with van der Waals surface area (Å²) in [4.78, 5) is 35.4. The number of halogens is 1. The van der Waals surface area contributed by atoms with E-state index in [1.54, 1.807) is 24.3 Å². The smallest absolute Gasteiger partial charge is 0.359 e. The molecule has 0 aliphatic rings. The van der Waals surface area contributed by atoms with Crippen LogP contribution in [0.4, 0.5) is 0 Å². The van der Waals surface area contributed by atoms with Gasteiger partial charge in [0.05, 0.1) is 0 Å². The molecule has 1 aromatic heterocycles. The number of carbonyl (C=O) groups is 2. The Labute approximate surface area is 141 Å². The maximum Gasteiger partial charge on any atom is 0.359 e. The number of ketones is 1. The summed E-state index contributed by atoms with van der Waals surface area (Å²) in [5.74, 6) is -1.05. The molecular formula is C16H15BrN2O4.